The van der Waals surface area contributed by atoms with Gasteiger partial charge in [0.15, 0.2) is 5.82 Å². The SMILES string of the molecule is Cc1ccc2[nH]c(=O)c(CN(CCc3ccccc3)C(c3nnnn3C3CCCCC3)C(C)C)cc2c1. The van der Waals surface area contributed by atoms with E-state index in [0.29, 0.717) is 12.6 Å². The fourth-order valence-corrected chi connectivity index (χ4v) is 5.81. The lowest BCUT2D eigenvalue weighted by Crippen LogP contribution is -2.37. The third kappa shape index (κ3) is 5.82. The minimum atomic E-state index is -0.0320. The third-order valence-electron chi connectivity index (χ3n) is 7.71. The molecule has 2 heterocycles. The first kappa shape index (κ1) is 25.3. The molecule has 5 rings (SSSR count). The van der Waals surface area contributed by atoms with Gasteiger partial charge in [-0.3, -0.25) is 9.69 Å². The highest BCUT2D eigenvalue weighted by molar-refractivity contribution is 5.79. The van der Waals surface area contributed by atoms with E-state index in [-0.39, 0.29) is 17.5 Å². The van der Waals surface area contributed by atoms with Gasteiger partial charge in [-0.2, -0.15) is 0 Å². The van der Waals surface area contributed by atoms with E-state index in [9.17, 15) is 4.79 Å². The Hall–Kier alpha value is -3.32. The molecule has 1 saturated carbocycles. The highest BCUT2D eigenvalue weighted by atomic mass is 16.1. The summed E-state index contributed by atoms with van der Waals surface area (Å²) >= 11 is 0. The van der Waals surface area contributed by atoms with E-state index < -0.39 is 0 Å². The van der Waals surface area contributed by atoms with Gasteiger partial charge in [0, 0.05) is 24.2 Å². The molecule has 2 aromatic carbocycles. The van der Waals surface area contributed by atoms with Gasteiger partial charge in [-0.1, -0.05) is 75.1 Å². The maximum atomic E-state index is 13.2. The molecule has 37 heavy (non-hydrogen) atoms. The molecule has 0 amide bonds. The molecule has 1 N–H and O–H groups in total. The van der Waals surface area contributed by atoms with Crippen molar-refractivity contribution in [2.45, 2.75) is 77.9 Å². The molecule has 1 aliphatic rings. The number of pyridine rings is 1. The van der Waals surface area contributed by atoms with Crippen molar-refractivity contribution >= 4 is 10.9 Å². The number of benzene rings is 2. The standard InChI is InChI=1S/C30H38N6O/c1-21(2)28(29-32-33-34-36(29)26-12-8-5-9-13-26)35(17-16-23-10-6-4-7-11-23)20-25-19-24-18-22(3)14-15-27(24)31-30(25)37/h4,6-7,10-11,14-15,18-19,21,26,28H,5,8-9,12-13,16-17,20H2,1-3H3,(H,31,37). The van der Waals surface area contributed by atoms with E-state index in [0.717, 1.165) is 48.1 Å². The van der Waals surface area contributed by atoms with E-state index in [1.807, 2.05) is 18.2 Å². The number of rotatable bonds is 9. The predicted octanol–water partition coefficient (Wildman–Crippen LogP) is 5.77. The predicted molar refractivity (Wildman–Crippen MR) is 147 cm³/mol. The van der Waals surface area contributed by atoms with Gasteiger partial charge in [0.2, 0.25) is 0 Å². The zero-order valence-corrected chi connectivity index (χ0v) is 22.2. The maximum Gasteiger partial charge on any atom is 0.252 e. The smallest absolute Gasteiger partial charge is 0.252 e. The van der Waals surface area contributed by atoms with Crippen molar-refractivity contribution in [3.8, 4) is 0 Å². The molecule has 0 radical (unpaired) electrons. The van der Waals surface area contributed by atoms with Crippen LogP contribution in [0.3, 0.4) is 0 Å². The van der Waals surface area contributed by atoms with Gasteiger partial charge in [0.25, 0.3) is 5.56 Å². The van der Waals surface area contributed by atoms with Crippen molar-refractivity contribution in [2.75, 3.05) is 6.54 Å². The normalized spacial score (nSPS) is 15.6. The van der Waals surface area contributed by atoms with Gasteiger partial charge in [0.05, 0.1) is 12.1 Å². The highest BCUT2D eigenvalue weighted by Crippen LogP contribution is 2.34. The van der Waals surface area contributed by atoms with Gasteiger partial charge in [-0.05, 0) is 71.7 Å². The lowest BCUT2D eigenvalue weighted by atomic mass is 9.94. The van der Waals surface area contributed by atoms with Crippen LogP contribution in [0.4, 0.5) is 0 Å². The molecule has 0 aliphatic heterocycles. The minimum absolute atomic E-state index is 0.00625. The number of aromatic nitrogens is 5. The largest absolute Gasteiger partial charge is 0.322 e. The maximum absolute atomic E-state index is 13.2. The van der Waals surface area contributed by atoms with E-state index in [1.165, 1.54) is 30.4 Å². The summed E-state index contributed by atoms with van der Waals surface area (Å²) in [6.45, 7) is 7.88. The Labute approximate surface area is 218 Å². The van der Waals surface area contributed by atoms with Crippen LogP contribution in [-0.4, -0.2) is 36.6 Å². The second kappa shape index (κ2) is 11.4. The summed E-state index contributed by atoms with van der Waals surface area (Å²) in [4.78, 5) is 18.7. The zero-order valence-electron chi connectivity index (χ0n) is 22.2. The van der Waals surface area contributed by atoms with E-state index >= 15 is 0 Å². The Morgan fingerprint density at radius 2 is 1.84 bits per heavy atom. The summed E-state index contributed by atoms with van der Waals surface area (Å²) in [6.07, 6.45) is 6.86. The second-order valence-electron chi connectivity index (χ2n) is 10.9. The van der Waals surface area contributed by atoms with E-state index in [2.05, 4.69) is 87.3 Å². The topological polar surface area (TPSA) is 79.7 Å². The quantitative estimate of drug-likeness (QED) is 0.317. The number of aryl methyl sites for hydroxylation is 1. The first-order valence-electron chi connectivity index (χ1n) is 13.7. The number of fused-ring (bicyclic) bond motifs is 1. The number of aromatic amines is 1. The monoisotopic (exact) mass is 498 g/mol. The Bertz CT molecular complexity index is 1370. The Balaban J connectivity index is 1.52. The van der Waals surface area contributed by atoms with Crippen LogP contribution in [0, 0.1) is 12.8 Å². The zero-order chi connectivity index (χ0) is 25.8. The first-order valence-corrected chi connectivity index (χ1v) is 13.7. The number of hydrogen-bond donors (Lipinski definition) is 1. The van der Waals surface area contributed by atoms with Crippen LogP contribution in [0.5, 0.6) is 0 Å². The van der Waals surface area contributed by atoms with Crippen molar-refractivity contribution in [2.24, 2.45) is 5.92 Å². The van der Waals surface area contributed by atoms with Gasteiger partial charge in [-0.25, -0.2) is 4.68 Å². The number of nitrogens with zero attached hydrogens (tertiary/aromatic N) is 5. The molecule has 2 aromatic heterocycles. The fourth-order valence-electron chi connectivity index (χ4n) is 5.81. The van der Waals surface area contributed by atoms with Gasteiger partial charge in [0.1, 0.15) is 0 Å². The molecule has 7 nitrogen and oxygen atoms in total. The van der Waals surface area contributed by atoms with Crippen LogP contribution >= 0.6 is 0 Å². The number of nitrogens with one attached hydrogen (secondary N) is 1. The third-order valence-corrected chi connectivity index (χ3v) is 7.71. The summed E-state index contributed by atoms with van der Waals surface area (Å²) in [6, 6.07) is 19.1. The molecule has 0 bridgehead atoms. The van der Waals surface area contributed by atoms with Crippen LogP contribution in [-0.2, 0) is 13.0 Å². The van der Waals surface area contributed by atoms with Crippen molar-refractivity contribution in [1.29, 1.82) is 0 Å². The molecule has 1 unspecified atom stereocenters. The average molecular weight is 499 g/mol. The minimum Gasteiger partial charge on any atom is -0.322 e. The molecule has 1 atom stereocenters. The average Bonchev–Trinajstić information content (AvgIpc) is 3.38. The molecule has 1 fully saturated rings. The van der Waals surface area contributed by atoms with Crippen LogP contribution in [0.25, 0.3) is 10.9 Å². The summed E-state index contributed by atoms with van der Waals surface area (Å²) in [5.41, 5.74) is 4.07. The molecule has 0 spiro atoms. The van der Waals surface area contributed by atoms with Gasteiger partial charge in [-0.15, -0.1) is 5.10 Å². The van der Waals surface area contributed by atoms with Crippen molar-refractivity contribution in [3.05, 3.63) is 87.5 Å². The molecule has 1 aliphatic carbocycles. The molecule has 0 saturated heterocycles. The first-order chi connectivity index (χ1) is 18.0. The van der Waals surface area contributed by atoms with Crippen LogP contribution in [0.15, 0.2) is 59.4 Å². The second-order valence-corrected chi connectivity index (χ2v) is 10.9. The number of tetrazole rings is 1. The van der Waals surface area contributed by atoms with Gasteiger partial charge >= 0.3 is 0 Å². The van der Waals surface area contributed by atoms with E-state index in [4.69, 9.17) is 0 Å². The number of H-pyrrole nitrogens is 1. The lowest BCUT2D eigenvalue weighted by molar-refractivity contribution is 0.131. The highest BCUT2D eigenvalue weighted by Gasteiger charge is 2.32. The molecular weight excluding hydrogens is 460 g/mol. The molecule has 194 valence electrons. The summed E-state index contributed by atoms with van der Waals surface area (Å²) < 4.78 is 2.09. The van der Waals surface area contributed by atoms with Crippen molar-refractivity contribution in [1.82, 2.24) is 30.1 Å². The molecule has 7 heteroatoms. The fraction of sp³-hybridized carbons (Fsp3) is 0.467. The van der Waals surface area contributed by atoms with Gasteiger partial charge < -0.3 is 4.98 Å². The van der Waals surface area contributed by atoms with Crippen LogP contribution < -0.4 is 5.56 Å². The molecule has 4 aromatic rings. The lowest BCUT2D eigenvalue weighted by Gasteiger charge is -2.35. The Morgan fingerprint density at radius 1 is 1.05 bits per heavy atom. The number of hydrogen-bond acceptors (Lipinski definition) is 5. The van der Waals surface area contributed by atoms with Crippen molar-refractivity contribution < 1.29 is 0 Å². The Kier molecular flexibility index (Phi) is 7.79. The Morgan fingerprint density at radius 3 is 2.59 bits per heavy atom. The van der Waals surface area contributed by atoms with Crippen LogP contribution in [0.2, 0.25) is 0 Å². The van der Waals surface area contributed by atoms with E-state index in [1.54, 1.807) is 0 Å². The summed E-state index contributed by atoms with van der Waals surface area (Å²) in [5, 5.41) is 14.3. The summed E-state index contributed by atoms with van der Waals surface area (Å²) in [5.74, 6) is 1.19. The van der Waals surface area contributed by atoms with Crippen LogP contribution in [0.1, 0.15) is 80.6 Å². The molecular formula is C30H38N6O. The summed E-state index contributed by atoms with van der Waals surface area (Å²) in [7, 11) is 0. The van der Waals surface area contributed by atoms with Crippen molar-refractivity contribution in [3.63, 3.8) is 0 Å².